The van der Waals surface area contributed by atoms with Crippen LogP contribution in [0.3, 0.4) is 0 Å². The molecule has 6 unspecified atom stereocenters. The van der Waals surface area contributed by atoms with E-state index in [0.29, 0.717) is 5.56 Å². The predicted octanol–water partition coefficient (Wildman–Crippen LogP) is -0.581. The number of nitrogens with two attached hydrogens (primary N) is 1. The van der Waals surface area contributed by atoms with Crippen molar-refractivity contribution in [2.45, 2.75) is 42.9 Å². The van der Waals surface area contributed by atoms with Gasteiger partial charge in [-0.15, -0.1) is 0 Å². The van der Waals surface area contributed by atoms with Crippen molar-refractivity contribution in [3.05, 3.63) is 69.7 Å². The fourth-order valence-corrected chi connectivity index (χ4v) is 3.66. The van der Waals surface area contributed by atoms with E-state index in [2.05, 4.69) is 0 Å². The standard InChI is InChI=1S/C20H24ClNO7/c1-10-2-4-11(5-3-10)19(22,27)13-8-12(6-7-14(13)21)20(28)18(26)17(25)16(24)15(9-23)29-20/h2-8,15-18,23-28H,9,22H2,1H3. The molecule has 1 aliphatic rings. The van der Waals surface area contributed by atoms with Crippen molar-refractivity contribution in [3.8, 4) is 0 Å². The summed E-state index contributed by atoms with van der Waals surface area (Å²) in [5, 5.41) is 61.7. The highest BCUT2D eigenvalue weighted by molar-refractivity contribution is 6.31. The Labute approximate surface area is 172 Å². The number of halogens is 1. The summed E-state index contributed by atoms with van der Waals surface area (Å²) in [5.41, 5.74) is 5.34. The molecule has 0 spiro atoms. The average molecular weight is 426 g/mol. The van der Waals surface area contributed by atoms with Gasteiger partial charge in [-0.3, -0.25) is 5.73 Å². The summed E-state index contributed by atoms with van der Waals surface area (Å²) in [6, 6.07) is 10.7. The van der Waals surface area contributed by atoms with Gasteiger partial charge in [0.2, 0.25) is 5.79 Å². The minimum Gasteiger partial charge on any atom is -0.394 e. The Balaban J connectivity index is 2.07. The second kappa shape index (κ2) is 7.92. The van der Waals surface area contributed by atoms with Gasteiger partial charge in [0.15, 0.2) is 5.72 Å². The molecule has 1 saturated heterocycles. The largest absolute Gasteiger partial charge is 0.394 e. The first kappa shape index (κ1) is 22.1. The molecule has 0 aromatic heterocycles. The van der Waals surface area contributed by atoms with Crippen molar-refractivity contribution in [1.29, 1.82) is 0 Å². The minimum atomic E-state index is -2.49. The highest BCUT2D eigenvalue weighted by Crippen LogP contribution is 2.39. The number of aliphatic hydroxyl groups is 6. The summed E-state index contributed by atoms with van der Waals surface area (Å²) in [6.07, 6.45) is -6.70. The lowest BCUT2D eigenvalue weighted by Gasteiger charge is -2.45. The molecule has 9 heteroatoms. The van der Waals surface area contributed by atoms with Gasteiger partial charge in [-0.2, -0.15) is 0 Å². The van der Waals surface area contributed by atoms with Gasteiger partial charge in [0.05, 0.1) is 6.61 Å². The van der Waals surface area contributed by atoms with Gasteiger partial charge in [0, 0.05) is 21.7 Å². The molecule has 158 valence electrons. The van der Waals surface area contributed by atoms with E-state index >= 15 is 0 Å². The van der Waals surface area contributed by atoms with E-state index in [9.17, 15) is 30.6 Å². The number of rotatable bonds is 4. The maximum atomic E-state index is 11.0. The van der Waals surface area contributed by atoms with E-state index in [1.54, 1.807) is 24.3 Å². The van der Waals surface area contributed by atoms with Crippen LogP contribution in [0.4, 0.5) is 0 Å². The van der Waals surface area contributed by atoms with Gasteiger partial charge in [-0.25, -0.2) is 0 Å². The Morgan fingerprint density at radius 3 is 2.31 bits per heavy atom. The van der Waals surface area contributed by atoms with Crippen LogP contribution in [0.5, 0.6) is 0 Å². The molecule has 1 aliphatic heterocycles. The van der Waals surface area contributed by atoms with Crippen molar-refractivity contribution >= 4 is 11.6 Å². The molecule has 2 aromatic carbocycles. The van der Waals surface area contributed by atoms with Crippen molar-refractivity contribution in [2.24, 2.45) is 5.73 Å². The van der Waals surface area contributed by atoms with Crippen molar-refractivity contribution in [3.63, 3.8) is 0 Å². The normalized spacial score (nSPS) is 32.0. The Hall–Kier alpha value is -1.59. The number of hydrogen-bond donors (Lipinski definition) is 7. The van der Waals surface area contributed by atoms with Crippen LogP contribution in [0.25, 0.3) is 0 Å². The zero-order chi connectivity index (χ0) is 21.6. The maximum Gasteiger partial charge on any atom is 0.222 e. The molecule has 0 radical (unpaired) electrons. The summed E-state index contributed by atoms with van der Waals surface area (Å²) in [6.45, 7) is 1.17. The third-order valence-electron chi connectivity index (χ3n) is 5.25. The van der Waals surface area contributed by atoms with Gasteiger partial charge < -0.3 is 35.4 Å². The monoisotopic (exact) mass is 425 g/mol. The Bertz CT molecular complexity index is 874. The summed E-state index contributed by atoms with van der Waals surface area (Å²) in [5.74, 6) is -2.49. The molecule has 0 bridgehead atoms. The molecule has 1 fully saturated rings. The molecule has 29 heavy (non-hydrogen) atoms. The first-order valence-corrected chi connectivity index (χ1v) is 9.34. The second-order valence-corrected chi connectivity index (χ2v) is 7.70. The number of benzene rings is 2. The van der Waals surface area contributed by atoms with E-state index in [1.807, 2.05) is 6.92 Å². The second-order valence-electron chi connectivity index (χ2n) is 7.29. The third-order valence-corrected chi connectivity index (χ3v) is 5.58. The van der Waals surface area contributed by atoms with Gasteiger partial charge in [0.1, 0.15) is 24.4 Å². The van der Waals surface area contributed by atoms with Crippen LogP contribution in [0.1, 0.15) is 22.3 Å². The number of aliphatic hydroxyl groups excluding tert-OH is 4. The lowest BCUT2D eigenvalue weighted by molar-refractivity contribution is -0.357. The van der Waals surface area contributed by atoms with E-state index < -0.39 is 42.5 Å². The van der Waals surface area contributed by atoms with Gasteiger partial charge >= 0.3 is 0 Å². The highest BCUT2D eigenvalue weighted by atomic mass is 35.5. The zero-order valence-electron chi connectivity index (χ0n) is 15.6. The molecule has 8 nitrogen and oxygen atoms in total. The molecule has 0 saturated carbocycles. The Morgan fingerprint density at radius 1 is 1.10 bits per heavy atom. The van der Waals surface area contributed by atoms with Crippen LogP contribution in [0, 0.1) is 6.92 Å². The fourth-order valence-electron chi connectivity index (χ4n) is 3.40. The lowest BCUT2D eigenvalue weighted by Crippen LogP contribution is -2.63. The molecule has 1 heterocycles. The molecule has 0 aliphatic carbocycles. The van der Waals surface area contributed by atoms with E-state index in [-0.39, 0.29) is 16.1 Å². The van der Waals surface area contributed by atoms with Crippen LogP contribution in [0.2, 0.25) is 5.02 Å². The molecule has 3 rings (SSSR count). The van der Waals surface area contributed by atoms with Crippen LogP contribution in [-0.4, -0.2) is 61.7 Å². The van der Waals surface area contributed by atoms with Crippen molar-refractivity contribution < 1.29 is 35.4 Å². The van der Waals surface area contributed by atoms with E-state index in [4.69, 9.17) is 22.1 Å². The lowest BCUT2D eigenvalue weighted by atomic mass is 9.86. The predicted molar refractivity (Wildman–Crippen MR) is 104 cm³/mol. The summed E-state index contributed by atoms with van der Waals surface area (Å²) in [4.78, 5) is 0. The molecule has 0 amide bonds. The topological polar surface area (TPSA) is 157 Å². The van der Waals surface area contributed by atoms with Gasteiger partial charge in [0.25, 0.3) is 0 Å². The SMILES string of the molecule is Cc1ccc(C(N)(O)c2cc(C3(O)OC(CO)C(O)C(O)C3O)ccc2Cl)cc1. The molecule has 6 atom stereocenters. The van der Waals surface area contributed by atoms with Crippen LogP contribution in [0.15, 0.2) is 42.5 Å². The van der Waals surface area contributed by atoms with Crippen molar-refractivity contribution in [2.75, 3.05) is 6.61 Å². The molecule has 8 N–H and O–H groups in total. The smallest absolute Gasteiger partial charge is 0.222 e. The Kier molecular flexibility index (Phi) is 6.03. The van der Waals surface area contributed by atoms with Crippen LogP contribution < -0.4 is 5.73 Å². The highest BCUT2D eigenvalue weighted by Gasteiger charge is 2.54. The first-order valence-electron chi connectivity index (χ1n) is 8.96. The first-order chi connectivity index (χ1) is 13.5. The summed E-state index contributed by atoms with van der Waals surface area (Å²) >= 11 is 6.24. The quantitative estimate of drug-likeness (QED) is 0.321. The summed E-state index contributed by atoms with van der Waals surface area (Å²) in [7, 11) is 0. The molecule has 2 aromatic rings. The number of aryl methyl sites for hydroxylation is 1. The average Bonchev–Trinajstić information content (AvgIpc) is 2.69. The third kappa shape index (κ3) is 3.79. The minimum absolute atomic E-state index is 0.0194. The van der Waals surface area contributed by atoms with Crippen LogP contribution in [-0.2, 0) is 16.2 Å². The van der Waals surface area contributed by atoms with E-state index in [1.165, 1.54) is 18.2 Å². The van der Waals surface area contributed by atoms with E-state index in [0.717, 1.165) is 5.56 Å². The summed E-state index contributed by atoms with van der Waals surface area (Å²) < 4.78 is 5.31. The Morgan fingerprint density at radius 2 is 1.72 bits per heavy atom. The maximum absolute atomic E-state index is 11.0. The van der Waals surface area contributed by atoms with Gasteiger partial charge in [-0.05, 0) is 19.1 Å². The number of ether oxygens (including phenoxy) is 1. The van der Waals surface area contributed by atoms with Crippen LogP contribution >= 0.6 is 11.6 Å². The molecular formula is C20H24ClNO7. The van der Waals surface area contributed by atoms with Crippen molar-refractivity contribution in [1.82, 2.24) is 0 Å². The fraction of sp³-hybridized carbons (Fsp3) is 0.400. The van der Waals surface area contributed by atoms with Gasteiger partial charge in [-0.1, -0.05) is 47.5 Å². The zero-order valence-corrected chi connectivity index (χ0v) is 16.4. The number of hydrogen-bond acceptors (Lipinski definition) is 8. The molecular weight excluding hydrogens is 402 g/mol.